The Bertz CT molecular complexity index is 1370. The van der Waals surface area contributed by atoms with E-state index in [0.29, 0.717) is 44.0 Å². The number of halogens is 4. The number of nitrogens with one attached hydrogen (secondary N) is 1. The lowest BCUT2D eigenvalue weighted by Crippen LogP contribution is -2.07. The Morgan fingerprint density at radius 2 is 1.97 bits per heavy atom. The molecule has 32 heavy (non-hydrogen) atoms. The molecule has 0 spiro atoms. The molecule has 0 aliphatic heterocycles. The smallest absolute Gasteiger partial charge is 0.248 e. The van der Waals surface area contributed by atoms with E-state index in [-0.39, 0.29) is 5.91 Å². The molecule has 1 amide bonds. The van der Waals surface area contributed by atoms with Crippen molar-refractivity contribution in [2.24, 2.45) is 0 Å². The van der Waals surface area contributed by atoms with Gasteiger partial charge >= 0.3 is 0 Å². The van der Waals surface area contributed by atoms with Crippen molar-refractivity contribution >= 4 is 83.8 Å². The molecule has 0 aliphatic rings. The first kappa shape index (κ1) is 22.9. The Hall–Kier alpha value is -2.32. The normalized spacial score (nSPS) is 11.3. The molecule has 9 heteroatoms. The number of methoxy groups -OCH3 is 1. The Kier molecular flexibility index (Phi) is 6.90. The molecule has 3 aromatic carbocycles. The molecule has 1 N–H and O–H groups in total. The molecule has 0 atom stereocenters. The number of ether oxygens (including phenoxy) is 1. The topological polar surface area (TPSA) is 64.4 Å². The van der Waals surface area contributed by atoms with E-state index < -0.39 is 0 Å². The molecule has 1 heterocycles. The molecule has 0 unspecified atom stereocenters. The average Bonchev–Trinajstić information content (AvgIpc) is 3.16. The highest BCUT2D eigenvalue weighted by Crippen LogP contribution is 2.34. The van der Waals surface area contributed by atoms with Gasteiger partial charge in [-0.25, -0.2) is 4.98 Å². The summed E-state index contributed by atoms with van der Waals surface area (Å²) in [6, 6.07) is 14.2. The summed E-state index contributed by atoms with van der Waals surface area (Å²) in [4.78, 5) is 16.9. The summed E-state index contributed by atoms with van der Waals surface area (Å²) in [7, 11) is 1.57. The Morgan fingerprint density at radius 3 is 2.75 bits per heavy atom. The average molecular weight is 597 g/mol. The first-order chi connectivity index (χ1) is 15.3. The van der Waals surface area contributed by atoms with Crippen LogP contribution in [0.2, 0.25) is 10.0 Å². The zero-order valence-corrected chi connectivity index (χ0v) is 21.1. The predicted octanol–water partition coefficient (Wildman–Crippen LogP) is 7.99. The van der Waals surface area contributed by atoms with Gasteiger partial charge in [-0.05, 0) is 64.5 Å². The van der Waals surface area contributed by atoms with Crippen molar-refractivity contribution in [2.75, 3.05) is 12.4 Å². The minimum Gasteiger partial charge on any atom is -0.495 e. The number of nitrogens with zero attached hydrogens (tertiary/aromatic N) is 1. The van der Waals surface area contributed by atoms with E-state index >= 15 is 0 Å². The van der Waals surface area contributed by atoms with Crippen LogP contribution in [-0.2, 0) is 4.79 Å². The number of amides is 1. The van der Waals surface area contributed by atoms with Gasteiger partial charge < -0.3 is 14.5 Å². The molecule has 4 rings (SSSR count). The van der Waals surface area contributed by atoms with E-state index in [2.05, 4.69) is 42.2 Å². The van der Waals surface area contributed by atoms with Crippen LogP contribution in [0.25, 0.3) is 28.6 Å². The highest BCUT2D eigenvalue weighted by Gasteiger charge is 2.13. The summed E-state index contributed by atoms with van der Waals surface area (Å²) in [6.45, 7) is 0. The van der Waals surface area contributed by atoms with Crippen LogP contribution in [0, 0.1) is 0 Å². The third-order valence-corrected chi connectivity index (χ3v) is 5.99. The molecular weight excluding hydrogens is 583 g/mol. The summed E-state index contributed by atoms with van der Waals surface area (Å²) in [5.74, 6) is 0.709. The van der Waals surface area contributed by atoms with Crippen molar-refractivity contribution in [2.45, 2.75) is 0 Å². The monoisotopic (exact) mass is 594 g/mol. The summed E-state index contributed by atoms with van der Waals surface area (Å²) in [5, 5.41) is 3.70. The quantitative estimate of drug-likeness (QED) is 0.237. The molecule has 1 aromatic heterocycles. The molecule has 0 saturated carbocycles. The first-order valence-corrected chi connectivity index (χ1v) is 11.6. The zero-order chi connectivity index (χ0) is 22.8. The van der Waals surface area contributed by atoms with Crippen LogP contribution in [0.4, 0.5) is 5.69 Å². The summed E-state index contributed by atoms with van der Waals surface area (Å²) < 4.78 is 12.8. The maximum atomic E-state index is 12.5. The van der Waals surface area contributed by atoms with Gasteiger partial charge in [0.2, 0.25) is 11.8 Å². The van der Waals surface area contributed by atoms with Crippen LogP contribution < -0.4 is 10.1 Å². The second kappa shape index (κ2) is 9.67. The van der Waals surface area contributed by atoms with Gasteiger partial charge in [0.1, 0.15) is 11.3 Å². The maximum Gasteiger partial charge on any atom is 0.248 e. The van der Waals surface area contributed by atoms with Crippen LogP contribution in [0.15, 0.2) is 68.0 Å². The Balaban J connectivity index is 1.55. The van der Waals surface area contributed by atoms with Gasteiger partial charge in [-0.1, -0.05) is 45.2 Å². The van der Waals surface area contributed by atoms with Gasteiger partial charge in [0.25, 0.3) is 0 Å². The van der Waals surface area contributed by atoms with Crippen molar-refractivity contribution in [3.63, 3.8) is 0 Å². The number of anilines is 1. The van der Waals surface area contributed by atoms with Crippen molar-refractivity contribution in [1.82, 2.24) is 4.98 Å². The first-order valence-electron chi connectivity index (χ1n) is 9.22. The van der Waals surface area contributed by atoms with E-state index in [1.165, 1.54) is 6.08 Å². The molecule has 0 saturated heterocycles. The fraction of sp³-hybridized carbons (Fsp3) is 0.0435. The fourth-order valence-corrected chi connectivity index (χ4v) is 5.02. The van der Waals surface area contributed by atoms with Crippen molar-refractivity contribution in [3.8, 4) is 17.2 Å². The number of oxazole rings is 1. The minimum absolute atomic E-state index is 0.298. The van der Waals surface area contributed by atoms with Crippen molar-refractivity contribution in [1.29, 1.82) is 0 Å². The van der Waals surface area contributed by atoms with E-state index in [4.69, 9.17) is 32.4 Å². The fourth-order valence-electron chi connectivity index (χ4n) is 3.08. The van der Waals surface area contributed by atoms with Gasteiger partial charge in [0, 0.05) is 32.4 Å². The van der Waals surface area contributed by atoms with E-state index in [9.17, 15) is 4.79 Å². The van der Waals surface area contributed by atoms with E-state index in [0.717, 1.165) is 14.5 Å². The molecule has 0 fully saturated rings. The number of benzene rings is 3. The predicted molar refractivity (Wildman–Crippen MR) is 136 cm³/mol. The third kappa shape index (κ3) is 5.02. The van der Waals surface area contributed by atoms with E-state index in [1.54, 1.807) is 43.5 Å². The number of fused-ring (bicyclic) bond motifs is 1. The zero-order valence-electron chi connectivity index (χ0n) is 16.5. The number of hydrogen-bond acceptors (Lipinski definition) is 4. The number of carbonyl (C=O) groups excluding carboxylic acids is 1. The Morgan fingerprint density at radius 1 is 1.16 bits per heavy atom. The van der Waals surface area contributed by atoms with Gasteiger partial charge in [-0.15, -0.1) is 0 Å². The molecule has 162 valence electrons. The molecular formula is C23H14Br2Cl2N2O3. The molecule has 0 radical (unpaired) electrons. The maximum absolute atomic E-state index is 12.5. The van der Waals surface area contributed by atoms with Crippen LogP contribution in [0.3, 0.4) is 0 Å². The second-order valence-corrected chi connectivity index (χ2v) is 9.28. The molecule has 5 nitrogen and oxygen atoms in total. The lowest BCUT2D eigenvalue weighted by atomic mass is 10.1. The highest BCUT2D eigenvalue weighted by molar-refractivity contribution is 9.11. The van der Waals surface area contributed by atoms with Crippen LogP contribution in [0.5, 0.6) is 5.75 Å². The highest BCUT2D eigenvalue weighted by atomic mass is 79.9. The van der Waals surface area contributed by atoms with E-state index in [1.807, 2.05) is 18.2 Å². The molecule has 4 aromatic rings. The van der Waals surface area contributed by atoms with Crippen molar-refractivity contribution < 1.29 is 13.9 Å². The largest absolute Gasteiger partial charge is 0.495 e. The number of hydrogen-bond donors (Lipinski definition) is 1. The van der Waals surface area contributed by atoms with Crippen LogP contribution in [-0.4, -0.2) is 18.0 Å². The van der Waals surface area contributed by atoms with Gasteiger partial charge in [0.15, 0.2) is 5.58 Å². The standard InChI is InChI=1S/C23H14Br2Cl2N2O3/c1-31-21-12(7-14(24)9-17(21)25)5-6-20(30)28-16-4-2-3-13(8-16)23-29-19-11-15(26)10-18(27)22(19)32-23/h2-11H,1H3,(H,28,30)/b6-5+. The van der Waals surface area contributed by atoms with Crippen LogP contribution >= 0.6 is 55.1 Å². The molecule has 0 bridgehead atoms. The van der Waals surface area contributed by atoms with Gasteiger partial charge in [0.05, 0.1) is 16.6 Å². The van der Waals surface area contributed by atoms with Gasteiger partial charge in [-0.3, -0.25) is 4.79 Å². The number of aromatic nitrogens is 1. The molecule has 0 aliphatic carbocycles. The summed E-state index contributed by atoms with van der Waals surface area (Å²) >= 11 is 19.1. The second-order valence-electron chi connectivity index (χ2n) is 6.67. The summed E-state index contributed by atoms with van der Waals surface area (Å²) in [5.41, 5.74) is 3.04. The summed E-state index contributed by atoms with van der Waals surface area (Å²) in [6.07, 6.45) is 3.12. The lowest BCUT2D eigenvalue weighted by molar-refractivity contribution is -0.111. The number of rotatable bonds is 5. The number of carbonyl (C=O) groups is 1. The van der Waals surface area contributed by atoms with Gasteiger partial charge in [-0.2, -0.15) is 0 Å². The minimum atomic E-state index is -0.298. The third-order valence-electron chi connectivity index (χ3n) is 4.44. The SMILES string of the molecule is COc1c(Br)cc(Br)cc1/C=C/C(=O)Nc1cccc(-c2nc3cc(Cl)cc(Cl)c3o2)c1. The van der Waals surface area contributed by atoms with Crippen LogP contribution in [0.1, 0.15) is 5.56 Å². The van der Waals surface area contributed by atoms with Crippen molar-refractivity contribution in [3.05, 3.63) is 79.2 Å². The Labute approximate surface area is 210 Å². The lowest BCUT2D eigenvalue weighted by Gasteiger charge is -2.08.